The molecular weight excluding hydrogens is 419 g/mol. The molecule has 5 aromatic rings. The Labute approximate surface area is 180 Å². The lowest BCUT2D eigenvalue weighted by molar-refractivity contribution is -0.274. The number of hydrogen-bond acceptors (Lipinski definition) is 4. The topological polar surface area (TPSA) is 57.8 Å². The molecule has 3 aromatic carbocycles. The van der Waals surface area contributed by atoms with Gasteiger partial charge in [-0.05, 0) is 36.4 Å². The van der Waals surface area contributed by atoms with Gasteiger partial charge in [0.1, 0.15) is 17.3 Å². The Bertz CT molecular complexity index is 1360. The zero-order valence-electron chi connectivity index (χ0n) is 16.6. The van der Waals surface area contributed by atoms with E-state index < -0.39 is 6.36 Å². The van der Waals surface area contributed by atoms with Gasteiger partial charge in [-0.15, -0.1) is 18.3 Å². The summed E-state index contributed by atoms with van der Waals surface area (Å²) >= 11 is 0. The van der Waals surface area contributed by atoms with Crippen LogP contribution in [0.5, 0.6) is 5.75 Å². The minimum absolute atomic E-state index is 0.293. The lowest BCUT2D eigenvalue weighted by atomic mass is 10.2. The third kappa shape index (κ3) is 4.04. The van der Waals surface area contributed by atoms with Crippen molar-refractivity contribution in [3.8, 4) is 22.8 Å². The number of halogens is 3. The number of benzene rings is 3. The fourth-order valence-electron chi connectivity index (χ4n) is 3.50. The molecule has 5 rings (SSSR count). The van der Waals surface area contributed by atoms with Gasteiger partial charge in [0.15, 0.2) is 0 Å². The van der Waals surface area contributed by atoms with Gasteiger partial charge in [-0.1, -0.05) is 47.7 Å². The van der Waals surface area contributed by atoms with Crippen molar-refractivity contribution in [2.45, 2.75) is 12.9 Å². The molecule has 2 heterocycles. The molecule has 0 spiro atoms. The average Bonchev–Trinajstić information content (AvgIpc) is 3.39. The Morgan fingerprint density at radius 3 is 2.31 bits per heavy atom. The van der Waals surface area contributed by atoms with E-state index in [2.05, 4.69) is 19.6 Å². The molecule has 0 saturated carbocycles. The van der Waals surface area contributed by atoms with Crippen LogP contribution in [0.15, 0.2) is 85.1 Å². The molecule has 0 aliphatic carbocycles. The number of alkyl halides is 3. The maximum absolute atomic E-state index is 12.4. The molecule has 6 nitrogen and oxygen atoms in total. The van der Waals surface area contributed by atoms with Crippen molar-refractivity contribution >= 4 is 11.0 Å². The first-order chi connectivity index (χ1) is 15.5. The molecule has 0 atom stereocenters. The fourth-order valence-corrected chi connectivity index (χ4v) is 3.50. The van der Waals surface area contributed by atoms with Gasteiger partial charge in [-0.3, -0.25) is 0 Å². The largest absolute Gasteiger partial charge is 0.573 e. The number of ether oxygens (including phenoxy) is 1. The van der Waals surface area contributed by atoms with E-state index in [1.165, 1.54) is 28.9 Å². The Kier molecular flexibility index (Phi) is 4.85. The number of para-hydroxylation sites is 2. The van der Waals surface area contributed by atoms with Crippen LogP contribution in [0.2, 0.25) is 0 Å². The second-order valence-corrected chi connectivity index (χ2v) is 7.07. The SMILES string of the molecule is FC(F)(F)Oc1ccc(-n2cc(Cn3c(-c4ccccc4)nc4ccccc43)nn2)cc1. The first-order valence-corrected chi connectivity index (χ1v) is 9.74. The number of fused-ring (bicyclic) bond motifs is 1. The van der Waals surface area contributed by atoms with Gasteiger partial charge in [0.05, 0.1) is 29.5 Å². The number of nitrogens with zero attached hydrogens (tertiary/aromatic N) is 5. The monoisotopic (exact) mass is 435 g/mol. The summed E-state index contributed by atoms with van der Waals surface area (Å²) < 4.78 is 44.6. The summed E-state index contributed by atoms with van der Waals surface area (Å²) in [7, 11) is 0. The molecule has 2 aromatic heterocycles. The van der Waals surface area contributed by atoms with E-state index in [-0.39, 0.29) is 5.75 Å². The van der Waals surface area contributed by atoms with Gasteiger partial charge < -0.3 is 9.30 Å². The van der Waals surface area contributed by atoms with Crippen LogP contribution in [0.4, 0.5) is 13.2 Å². The van der Waals surface area contributed by atoms with E-state index in [0.717, 1.165) is 22.4 Å². The summed E-state index contributed by atoms with van der Waals surface area (Å²) in [6, 6.07) is 23.2. The molecule has 32 heavy (non-hydrogen) atoms. The zero-order valence-corrected chi connectivity index (χ0v) is 16.6. The average molecular weight is 435 g/mol. The predicted molar refractivity (Wildman–Crippen MR) is 112 cm³/mol. The smallest absolute Gasteiger partial charge is 0.406 e. The summed E-state index contributed by atoms with van der Waals surface area (Å²) in [6.07, 6.45) is -2.99. The van der Waals surface area contributed by atoms with E-state index in [9.17, 15) is 13.2 Å². The Hall–Kier alpha value is -4.14. The molecule has 9 heteroatoms. The van der Waals surface area contributed by atoms with Crippen LogP contribution in [-0.4, -0.2) is 30.9 Å². The molecule has 0 radical (unpaired) electrons. The third-order valence-corrected chi connectivity index (χ3v) is 4.88. The molecule has 160 valence electrons. The maximum atomic E-state index is 12.4. The van der Waals surface area contributed by atoms with Gasteiger partial charge in [0.2, 0.25) is 0 Å². The van der Waals surface area contributed by atoms with Crippen molar-refractivity contribution in [2.75, 3.05) is 0 Å². The normalized spacial score (nSPS) is 11.7. The number of imidazole rings is 1. The highest BCUT2D eigenvalue weighted by atomic mass is 19.4. The second kappa shape index (κ2) is 7.84. The molecule has 0 fully saturated rings. The summed E-state index contributed by atoms with van der Waals surface area (Å²) in [5, 5.41) is 8.37. The van der Waals surface area contributed by atoms with Gasteiger partial charge >= 0.3 is 6.36 Å². The summed E-state index contributed by atoms with van der Waals surface area (Å²) in [6.45, 7) is 0.431. The van der Waals surface area contributed by atoms with Crippen LogP contribution in [0.3, 0.4) is 0 Å². The lowest BCUT2D eigenvalue weighted by Crippen LogP contribution is -2.17. The molecule has 0 aliphatic heterocycles. The molecule has 0 amide bonds. The minimum Gasteiger partial charge on any atom is -0.406 e. The number of rotatable bonds is 5. The van der Waals surface area contributed by atoms with E-state index in [4.69, 9.17) is 4.98 Å². The van der Waals surface area contributed by atoms with Crippen LogP contribution in [-0.2, 0) is 6.54 Å². The first kappa shape index (κ1) is 19.8. The van der Waals surface area contributed by atoms with Crippen molar-refractivity contribution in [2.24, 2.45) is 0 Å². The Balaban J connectivity index is 1.45. The fraction of sp³-hybridized carbons (Fsp3) is 0.0870. The van der Waals surface area contributed by atoms with E-state index in [0.29, 0.717) is 17.9 Å². The summed E-state index contributed by atoms with van der Waals surface area (Å²) in [4.78, 5) is 4.79. The minimum atomic E-state index is -4.73. The highest BCUT2D eigenvalue weighted by Gasteiger charge is 2.31. The van der Waals surface area contributed by atoms with Crippen molar-refractivity contribution in [3.63, 3.8) is 0 Å². The van der Waals surface area contributed by atoms with Crippen molar-refractivity contribution in [1.29, 1.82) is 0 Å². The number of aromatic nitrogens is 5. The van der Waals surface area contributed by atoms with Gasteiger partial charge in [0, 0.05) is 5.56 Å². The van der Waals surface area contributed by atoms with Gasteiger partial charge in [-0.2, -0.15) is 0 Å². The van der Waals surface area contributed by atoms with E-state index in [1.807, 2.05) is 54.6 Å². The van der Waals surface area contributed by atoms with Gasteiger partial charge in [-0.25, -0.2) is 9.67 Å². The lowest BCUT2D eigenvalue weighted by Gasteiger charge is -2.09. The highest BCUT2D eigenvalue weighted by Crippen LogP contribution is 2.26. The van der Waals surface area contributed by atoms with Crippen LogP contribution >= 0.6 is 0 Å². The molecule has 0 saturated heterocycles. The Morgan fingerprint density at radius 2 is 1.56 bits per heavy atom. The summed E-state index contributed by atoms with van der Waals surface area (Å²) in [5.74, 6) is 0.522. The van der Waals surface area contributed by atoms with Crippen LogP contribution in [0.25, 0.3) is 28.1 Å². The van der Waals surface area contributed by atoms with Crippen LogP contribution in [0, 0.1) is 0 Å². The predicted octanol–water partition coefficient (Wildman–Crippen LogP) is 5.23. The van der Waals surface area contributed by atoms with Crippen LogP contribution < -0.4 is 4.74 Å². The highest BCUT2D eigenvalue weighted by molar-refractivity contribution is 5.80. The quantitative estimate of drug-likeness (QED) is 0.379. The van der Waals surface area contributed by atoms with Crippen molar-refractivity contribution in [3.05, 3.63) is 90.8 Å². The molecule has 0 N–H and O–H groups in total. The van der Waals surface area contributed by atoms with E-state index >= 15 is 0 Å². The van der Waals surface area contributed by atoms with Crippen LogP contribution in [0.1, 0.15) is 5.69 Å². The standard InChI is InChI=1S/C23H16F3N5O/c24-23(25,26)32-19-12-10-18(11-13-19)31-15-17(28-29-31)14-30-21-9-5-4-8-20(21)27-22(30)16-6-2-1-3-7-16/h1-13,15H,14H2. The second-order valence-electron chi connectivity index (χ2n) is 7.07. The maximum Gasteiger partial charge on any atom is 0.573 e. The molecule has 0 bridgehead atoms. The van der Waals surface area contributed by atoms with Crippen molar-refractivity contribution < 1.29 is 17.9 Å². The summed E-state index contributed by atoms with van der Waals surface area (Å²) in [5.41, 5.74) is 4.07. The van der Waals surface area contributed by atoms with Gasteiger partial charge in [0.25, 0.3) is 0 Å². The Morgan fingerprint density at radius 1 is 0.844 bits per heavy atom. The zero-order chi connectivity index (χ0) is 22.1. The molecule has 0 unspecified atom stereocenters. The molecular formula is C23H16F3N5O. The number of hydrogen-bond donors (Lipinski definition) is 0. The third-order valence-electron chi connectivity index (χ3n) is 4.88. The van der Waals surface area contributed by atoms with Crippen molar-refractivity contribution in [1.82, 2.24) is 24.5 Å². The molecule has 0 aliphatic rings. The van der Waals surface area contributed by atoms with E-state index in [1.54, 1.807) is 6.20 Å². The first-order valence-electron chi connectivity index (χ1n) is 9.74.